The Morgan fingerprint density at radius 2 is 2.05 bits per heavy atom. The molecule has 0 atom stereocenters. The van der Waals surface area contributed by atoms with Crippen LogP contribution in [0.3, 0.4) is 0 Å². The van der Waals surface area contributed by atoms with Gasteiger partial charge in [0.1, 0.15) is 5.01 Å². The fourth-order valence-corrected chi connectivity index (χ4v) is 1.87. The average Bonchev–Trinajstić information content (AvgIpc) is 2.99. The van der Waals surface area contributed by atoms with Crippen LogP contribution in [0.5, 0.6) is 0 Å². The lowest BCUT2D eigenvalue weighted by atomic mass is 10.1. The van der Waals surface area contributed by atoms with E-state index in [0.29, 0.717) is 5.01 Å². The first kappa shape index (κ1) is 13.8. The summed E-state index contributed by atoms with van der Waals surface area (Å²) in [5, 5.41) is 14.8. The van der Waals surface area contributed by atoms with E-state index in [1.54, 1.807) is 11.6 Å². The van der Waals surface area contributed by atoms with Crippen molar-refractivity contribution in [2.75, 3.05) is 0 Å². The molecule has 1 heterocycles. The minimum atomic E-state index is -0.689. The van der Waals surface area contributed by atoms with E-state index in [2.05, 4.69) is 15.5 Å². The monoisotopic (exact) mass is 290 g/mol. The number of hydroxylamine groups is 1. The molecule has 2 aromatic rings. The van der Waals surface area contributed by atoms with Crippen molar-refractivity contribution in [3.63, 3.8) is 0 Å². The van der Waals surface area contributed by atoms with E-state index in [1.165, 1.54) is 47.3 Å². The van der Waals surface area contributed by atoms with Gasteiger partial charge in [0.15, 0.2) is 0 Å². The van der Waals surface area contributed by atoms with Crippen molar-refractivity contribution in [1.29, 1.82) is 0 Å². The molecule has 0 saturated carbocycles. The molecule has 8 heteroatoms. The fourth-order valence-electron chi connectivity index (χ4n) is 1.38. The van der Waals surface area contributed by atoms with Gasteiger partial charge in [-0.05, 0) is 18.2 Å². The maximum Gasteiger partial charge on any atom is 0.274 e. The van der Waals surface area contributed by atoms with E-state index in [0.717, 1.165) is 0 Å². The molecule has 2 amide bonds. The lowest BCUT2D eigenvalue weighted by Gasteiger charge is -2.02. The summed E-state index contributed by atoms with van der Waals surface area (Å²) in [6.07, 6.45) is 3.05. The van der Waals surface area contributed by atoms with Crippen LogP contribution in [0.15, 0.2) is 40.9 Å². The van der Waals surface area contributed by atoms with Crippen molar-refractivity contribution in [3.8, 4) is 0 Å². The first-order valence-corrected chi connectivity index (χ1v) is 6.36. The van der Waals surface area contributed by atoms with Gasteiger partial charge in [0, 0.05) is 22.7 Å². The number of nitrogens with zero attached hydrogens (tertiary/aromatic N) is 2. The van der Waals surface area contributed by atoms with Gasteiger partial charge in [0.2, 0.25) is 0 Å². The Hall–Kier alpha value is -2.58. The SMILES string of the molecule is O=C(NO)c1cccc(C(=O)N/N=C/c2nccs2)c1. The van der Waals surface area contributed by atoms with E-state index < -0.39 is 11.8 Å². The van der Waals surface area contributed by atoms with Crippen LogP contribution in [-0.4, -0.2) is 28.2 Å². The molecule has 0 aliphatic rings. The fraction of sp³-hybridized carbons (Fsp3) is 0. The molecule has 7 nitrogen and oxygen atoms in total. The van der Waals surface area contributed by atoms with Gasteiger partial charge in [-0.15, -0.1) is 11.3 Å². The highest BCUT2D eigenvalue weighted by molar-refractivity contribution is 7.11. The molecule has 0 aliphatic carbocycles. The van der Waals surface area contributed by atoms with E-state index in [1.807, 2.05) is 0 Å². The molecule has 20 heavy (non-hydrogen) atoms. The molecule has 3 N–H and O–H groups in total. The molecule has 0 fully saturated rings. The number of carbonyl (C=O) groups excluding carboxylic acids is 2. The smallest absolute Gasteiger partial charge is 0.274 e. The van der Waals surface area contributed by atoms with Gasteiger partial charge in [-0.1, -0.05) is 6.07 Å². The molecular formula is C12H10N4O3S. The van der Waals surface area contributed by atoms with Crippen molar-refractivity contribution < 1.29 is 14.8 Å². The number of hydrogen-bond acceptors (Lipinski definition) is 6. The molecule has 0 bridgehead atoms. The number of amides is 2. The number of aromatic nitrogens is 1. The summed E-state index contributed by atoms with van der Waals surface area (Å²) in [7, 11) is 0. The van der Waals surface area contributed by atoms with Crippen molar-refractivity contribution in [3.05, 3.63) is 52.0 Å². The third-order valence-electron chi connectivity index (χ3n) is 2.28. The maximum absolute atomic E-state index is 11.8. The summed E-state index contributed by atoms with van der Waals surface area (Å²) in [6, 6.07) is 5.88. The van der Waals surface area contributed by atoms with Crippen LogP contribution in [-0.2, 0) is 0 Å². The first-order valence-electron chi connectivity index (χ1n) is 5.48. The highest BCUT2D eigenvalue weighted by atomic mass is 32.1. The predicted octanol–water partition coefficient (Wildman–Crippen LogP) is 1.03. The Kier molecular flexibility index (Phi) is 4.53. The van der Waals surface area contributed by atoms with Crippen LogP contribution < -0.4 is 10.9 Å². The highest BCUT2D eigenvalue weighted by Gasteiger charge is 2.09. The van der Waals surface area contributed by atoms with Crippen LogP contribution in [0.25, 0.3) is 0 Å². The second-order valence-electron chi connectivity index (χ2n) is 3.59. The van der Waals surface area contributed by atoms with Gasteiger partial charge in [-0.2, -0.15) is 5.10 Å². The average molecular weight is 290 g/mol. The summed E-state index contributed by atoms with van der Waals surface area (Å²) < 4.78 is 0. The molecule has 1 aromatic carbocycles. The number of rotatable bonds is 4. The van der Waals surface area contributed by atoms with Gasteiger partial charge in [0.25, 0.3) is 11.8 Å². The van der Waals surface area contributed by atoms with Crippen molar-refractivity contribution in [1.82, 2.24) is 15.9 Å². The molecule has 0 unspecified atom stereocenters. The molecule has 0 spiro atoms. The molecule has 102 valence electrons. The van der Waals surface area contributed by atoms with E-state index >= 15 is 0 Å². The summed E-state index contributed by atoms with van der Waals surface area (Å²) in [6.45, 7) is 0. The Morgan fingerprint density at radius 1 is 1.30 bits per heavy atom. The summed E-state index contributed by atoms with van der Waals surface area (Å²) in [5.41, 5.74) is 4.25. The van der Waals surface area contributed by atoms with Gasteiger partial charge in [0.05, 0.1) is 6.21 Å². The van der Waals surface area contributed by atoms with Crippen molar-refractivity contribution >= 4 is 29.4 Å². The zero-order valence-electron chi connectivity index (χ0n) is 10.1. The number of hydrogen-bond donors (Lipinski definition) is 3. The summed E-state index contributed by atoms with van der Waals surface area (Å²) in [5.74, 6) is -1.16. The molecular weight excluding hydrogens is 280 g/mol. The highest BCUT2D eigenvalue weighted by Crippen LogP contribution is 2.05. The Morgan fingerprint density at radius 3 is 2.70 bits per heavy atom. The molecule has 0 saturated heterocycles. The molecule has 1 aromatic heterocycles. The quantitative estimate of drug-likeness (QED) is 0.444. The summed E-state index contributed by atoms with van der Waals surface area (Å²) >= 11 is 1.39. The minimum absolute atomic E-state index is 0.170. The largest absolute Gasteiger partial charge is 0.288 e. The zero-order chi connectivity index (χ0) is 14.4. The first-order chi connectivity index (χ1) is 9.70. The van der Waals surface area contributed by atoms with Crippen LogP contribution in [0.2, 0.25) is 0 Å². The third-order valence-corrected chi connectivity index (χ3v) is 2.99. The van der Waals surface area contributed by atoms with Crippen LogP contribution in [0.4, 0.5) is 0 Å². The topological polar surface area (TPSA) is 104 Å². The standard InChI is InChI=1S/C12H10N4O3S/c17-11(15-14-7-10-13-4-5-20-10)8-2-1-3-9(6-8)12(18)16-19/h1-7,19H,(H,15,17)(H,16,18)/b14-7+. The maximum atomic E-state index is 11.8. The van der Waals surface area contributed by atoms with Gasteiger partial charge in [-0.3, -0.25) is 14.8 Å². The molecule has 0 radical (unpaired) electrons. The lowest BCUT2D eigenvalue weighted by molar-refractivity contribution is 0.0706. The number of nitrogens with one attached hydrogen (secondary N) is 2. The van der Waals surface area contributed by atoms with Crippen LogP contribution in [0.1, 0.15) is 25.7 Å². The van der Waals surface area contributed by atoms with E-state index in [-0.39, 0.29) is 11.1 Å². The summed E-state index contributed by atoms with van der Waals surface area (Å²) in [4.78, 5) is 27.0. The van der Waals surface area contributed by atoms with Crippen LogP contribution in [0, 0.1) is 0 Å². The number of benzene rings is 1. The third kappa shape index (κ3) is 3.46. The van der Waals surface area contributed by atoms with E-state index in [9.17, 15) is 9.59 Å². The number of thiazole rings is 1. The van der Waals surface area contributed by atoms with E-state index in [4.69, 9.17) is 5.21 Å². The van der Waals surface area contributed by atoms with Crippen LogP contribution >= 0.6 is 11.3 Å². The lowest BCUT2D eigenvalue weighted by Crippen LogP contribution is -2.21. The van der Waals surface area contributed by atoms with Gasteiger partial charge >= 0.3 is 0 Å². The van der Waals surface area contributed by atoms with Crippen molar-refractivity contribution in [2.45, 2.75) is 0 Å². The molecule has 0 aliphatic heterocycles. The Labute approximate surface area is 117 Å². The predicted molar refractivity (Wildman–Crippen MR) is 72.9 cm³/mol. The van der Waals surface area contributed by atoms with Gasteiger partial charge in [-0.25, -0.2) is 15.9 Å². The zero-order valence-corrected chi connectivity index (χ0v) is 10.9. The number of carbonyl (C=O) groups is 2. The number of hydrazone groups is 1. The second-order valence-corrected chi connectivity index (χ2v) is 4.52. The van der Waals surface area contributed by atoms with Gasteiger partial charge < -0.3 is 0 Å². The van der Waals surface area contributed by atoms with Crippen molar-refractivity contribution in [2.24, 2.45) is 5.10 Å². The Balaban J connectivity index is 2.04. The minimum Gasteiger partial charge on any atom is -0.288 e. The normalized spacial score (nSPS) is 10.4. The second kappa shape index (κ2) is 6.55. The Bertz CT molecular complexity index is 640. The molecule has 2 rings (SSSR count).